The maximum atomic E-state index is 11.0. The molecule has 1 N–H and O–H groups in total. The second kappa shape index (κ2) is 22.6. The molecule has 28 heavy (non-hydrogen) atoms. The molecule has 0 aromatic heterocycles. The van der Waals surface area contributed by atoms with Crippen LogP contribution in [-0.4, -0.2) is 29.9 Å². The molecule has 4 nitrogen and oxygen atoms in total. The van der Waals surface area contributed by atoms with Gasteiger partial charge in [0.1, 0.15) is 0 Å². The van der Waals surface area contributed by atoms with Gasteiger partial charge >= 0.3 is 29.6 Å². The third-order valence-corrected chi connectivity index (χ3v) is 6.93. The molecule has 0 aliphatic carbocycles. The van der Waals surface area contributed by atoms with Crippen molar-refractivity contribution < 1.29 is 47.6 Å². The molecule has 0 spiro atoms. The average Bonchev–Trinajstić information content (AvgIpc) is 2.62. The molecule has 164 valence electrons. The van der Waals surface area contributed by atoms with Gasteiger partial charge in [-0.2, -0.15) is 0 Å². The van der Waals surface area contributed by atoms with Crippen molar-refractivity contribution in [1.29, 1.82) is 0 Å². The maximum Gasteiger partial charge on any atom is 1.00 e. The zero-order chi connectivity index (χ0) is 20.2. The summed E-state index contributed by atoms with van der Waals surface area (Å²) in [6, 6.07) is 0. The number of hydrogen-bond acceptors (Lipinski definition) is 4. The Balaban J connectivity index is 0. The second-order valence-corrected chi connectivity index (χ2v) is 9.70. The normalized spacial score (nSPS) is 12.7. The van der Waals surface area contributed by atoms with Gasteiger partial charge in [-0.05, 0) is 19.3 Å². The Kier molecular flexibility index (Phi) is 25.0. The first kappa shape index (κ1) is 31.1. The van der Waals surface area contributed by atoms with Crippen molar-refractivity contribution >= 4 is 10.1 Å². The van der Waals surface area contributed by atoms with Crippen LogP contribution in [0.15, 0.2) is 0 Å². The van der Waals surface area contributed by atoms with E-state index in [1.54, 1.807) is 6.92 Å². The molecule has 1 atom stereocenters. The smallest absolute Gasteiger partial charge is 0.748 e. The van der Waals surface area contributed by atoms with Crippen LogP contribution in [0.4, 0.5) is 0 Å². The molecule has 0 heterocycles. The molecule has 0 fully saturated rings. The van der Waals surface area contributed by atoms with Crippen LogP contribution in [0.1, 0.15) is 129 Å². The van der Waals surface area contributed by atoms with Crippen molar-refractivity contribution in [2.24, 2.45) is 0 Å². The second-order valence-electron chi connectivity index (χ2n) is 8.05. The van der Waals surface area contributed by atoms with Crippen molar-refractivity contribution in [3.8, 4) is 0 Å². The number of rotatable bonds is 21. The van der Waals surface area contributed by atoms with Crippen LogP contribution in [0.2, 0.25) is 0 Å². The van der Waals surface area contributed by atoms with Gasteiger partial charge in [0.25, 0.3) is 0 Å². The Labute approximate surface area is 197 Å². The van der Waals surface area contributed by atoms with Crippen LogP contribution in [0.5, 0.6) is 0 Å². The van der Waals surface area contributed by atoms with Crippen LogP contribution in [0, 0.1) is 0 Å². The zero-order valence-corrected chi connectivity index (χ0v) is 21.6. The van der Waals surface area contributed by atoms with Crippen LogP contribution < -0.4 is 29.6 Å². The number of unbranched alkanes of at least 4 members (excludes halogenated alkanes) is 16. The van der Waals surface area contributed by atoms with E-state index in [0.717, 1.165) is 25.7 Å². The molecule has 1 unspecified atom stereocenters. The molecule has 0 amide bonds. The van der Waals surface area contributed by atoms with Crippen molar-refractivity contribution in [3.05, 3.63) is 0 Å². The van der Waals surface area contributed by atoms with Crippen LogP contribution >= 0.6 is 0 Å². The standard InChI is InChI=1S/C22H46O4S.Na/c1-2-22(27(24,25)26)20-18-16-14-12-10-8-6-4-3-5-7-9-11-13-15-17-19-21-23;/h22-23H,2-21H2,1H3,(H,24,25,26);/q;+1/p-1. The van der Waals surface area contributed by atoms with E-state index in [4.69, 9.17) is 5.11 Å². The molecular formula is C22H45NaO4S. The van der Waals surface area contributed by atoms with Crippen LogP contribution in [0.25, 0.3) is 0 Å². The van der Waals surface area contributed by atoms with Gasteiger partial charge in [-0.25, -0.2) is 8.42 Å². The predicted octanol–water partition coefficient (Wildman–Crippen LogP) is 3.33. The van der Waals surface area contributed by atoms with E-state index in [0.29, 0.717) is 19.4 Å². The zero-order valence-electron chi connectivity index (χ0n) is 18.8. The molecule has 0 saturated heterocycles. The minimum Gasteiger partial charge on any atom is -0.748 e. The van der Waals surface area contributed by atoms with Gasteiger partial charge in [0.15, 0.2) is 0 Å². The van der Waals surface area contributed by atoms with Crippen LogP contribution in [-0.2, 0) is 10.1 Å². The maximum absolute atomic E-state index is 11.0. The predicted molar refractivity (Wildman–Crippen MR) is 114 cm³/mol. The minimum atomic E-state index is -4.10. The first-order valence-corrected chi connectivity index (χ1v) is 13.0. The van der Waals surface area contributed by atoms with Crippen molar-refractivity contribution in [2.45, 2.75) is 134 Å². The van der Waals surface area contributed by atoms with E-state index in [1.807, 2.05) is 0 Å². The molecule has 0 aromatic rings. The van der Waals surface area contributed by atoms with E-state index in [2.05, 4.69) is 0 Å². The summed E-state index contributed by atoms with van der Waals surface area (Å²) >= 11 is 0. The summed E-state index contributed by atoms with van der Waals surface area (Å²) in [6.45, 7) is 2.12. The Morgan fingerprint density at radius 1 is 0.643 bits per heavy atom. The van der Waals surface area contributed by atoms with Gasteiger partial charge in [0.05, 0.1) is 10.1 Å². The van der Waals surface area contributed by atoms with Crippen molar-refractivity contribution in [3.63, 3.8) is 0 Å². The van der Waals surface area contributed by atoms with E-state index in [9.17, 15) is 13.0 Å². The Morgan fingerprint density at radius 3 is 1.18 bits per heavy atom. The quantitative estimate of drug-likeness (QED) is 0.173. The molecule has 0 aliphatic heterocycles. The molecular weight excluding hydrogens is 383 g/mol. The summed E-state index contributed by atoms with van der Waals surface area (Å²) in [5.74, 6) is 0. The molecule has 0 saturated carbocycles. The first-order chi connectivity index (χ1) is 13.0. The van der Waals surface area contributed by atoms with Crippen molar-refractivity contribution in [2.75, 3.05) is 6.61 Å². The molecule has 0 rings (SSSR count). The van der Waals surface area contributed by atoms with E-state index in [-0.39, 0.29) is 29.6 Å². The minimum absolute atomic E-state index is 0. The fraction of sp³-hybridized carbons (Fsp3) is 1.00. The third-order valence-electron chi connectivity index (χ3n) is 5.55. The van der Waals surface area contributed by atoms with Gasteiger partial charge in [-0.3, -0.25) is 0 Å². The van der Waals surface area contributed by atoms with E-state index < -0.39 is 15.4 Å². The van der Waals surface area contributed by atoms with Crippen molar-refractivity contribution in [1.82, 2.24) is 0 Å². The fourth-order valence-electron chi connectivity index (χ4n) is 3.69. The van der Waals surface area contributed by atoms with Crippen LogP contribution in [0.3, 0.4) is 0 Å². The topological polar surface area (TPSA) is 77.4 Å². The Hall–Kier alpha value is 0.870. The first-order valence-electron chi connectivity index (χ1n) is 11.6. The van der Waals surface area contributed by atoms with Gasteiger partial charge in [0.2, 0.25) is 0 Å². The summed E-state index contributed by atoms with van der Waals surface area (Å²) < 4.78 is 33.0. The largest absolute Gasteiger partial charge is 1.00 e. The summed E-state index contributed by atoms with van der Waals surface area (Å²) in [5, 5.41) is 8.04. The molecule has 0 bridgehead atoms. The Morgan fingerprint density at radius 2 is 0.929 bits per heavy atom. The number of aliphatic hydroxyl groups is 1. The molecule has 0 aromatic carbocycles. The summed E-state index contributed by atoms with van der Waals surface area (Å²) in [4.78, 5) is 0. The summed E-state index contributed by atoms with van der Waals surface area (Å²) in [5.41, 5.74) is 0. The summed E-state index contributed by atoms with van der Waals surface area (Å²) in [7, 11) is -4.10. The van der Waals surface area contributed by atoms with E-state index in [1.165, 1.54) is 83.5 Å². The van der Waals surface area contributed by atoms with E-state index >= 15 is 0 Å². The van der Waals surface area contributed by atoms with Gasteiger partial charge in [-0.15, -0.1) is 0 Å². The molecule has 0 radical (unpaired) electrons. The number of hydrogen-bond donors (Lipinski definition) is 1. The third kappa shape index (κ3) is 21.6. The van der Waals surface area contributed by atoms with Gasteiger partial charge in [0, 0.05) is 11.9 Å². The molecule has 0 aliphatic rings. The fourth-order valence-corrected chi connectivity index (χ4v) is 4.55. The number of aliphatic hydroxyl groups excluding tert-OH is 1. The average molecular weight is 429 g/mol. The van der Waals surface area contributed by atoms with Gasteiger partial charge < -0.3 is 9.66 Å². The molecule has 6 heteroatoms. The SMILES string of the molecule is CCC(CCCCCCCCCCCCCCCCCCCO)S(=O)(=O)[O-].[Na+]. The Bertz CT molecular complexity index is 401. The monoisotopic (exact) mass is 428 g/mol. The summed E-state index contributed by atoms with van der Waals surface area (Å²) in [6.07, 6.45) is 22.1. The van der Waals surface area contributed by atoms with Gasteiger partial charge in [-0.1, -0.05) is 110 Å².